The van der Waals surface area contributed by atoms with Crippen LogP contribution in [0.2, 0.25) is 0 Å². The first-order valence-electron chi connectivity index (χ1n) is 8.03. The number of carbonyl (C=O) groups is 1. The van der Waals surface area contributed by atoms with E-state index in [9.17, 15) is 4.79 Å². The number of amides is 1. The van der Waals surface area contributed by atoms with Crippen LogP contribution in [-0.2, 0) is 0 Å². The fraction of sp³-hybridized carbons (Fsp3) is 0.647. The second-order valence-corrected chi connectivity index (χ2v) is 6.38. The molecule has 0 spiro atoms. The molecule has 0 aromatic carbocycles. The molecule has 2 heterocycles. The average molecular weight is 289 g/mol. The highest BCUT2D eigenvalue weighted by Crippen LogP contribution is 2.28. The van der Waals surface area contributed by atoms with E-state index < -0.39 is 0 Å². The highest BCUT2D eigenvalue weighted by molar-refractivity contribution is 5.94. The van der Waals surface area contributed by atoms with Gasteiger partial charge in [-0.2, -0.15) is 0 Å². The van der Waals surface area contributed by atoms with E-state index in [1.807, 2.05) is 17.0 Å². The zero-order chi connectivity index (χ0) is 15.4. The van der Waals surface area contributed by atoms with Gasteiger partial charge in [-0.25, -0.2) is 4.98 Å². The number of anilines is 1. The van der Waals surface area contributed by atoms with Crippen molar-refractivity contribution in [1.82, 2.24) is 9.88 Å². The summed E-state index contributed by atoms with van der Waals surface area (Å²) in [6.45, 7) is 10.5. The molecular formula is C17H27N3O. The minimum atomic E-state index is 0.107. The predicted octanol–water partition coefficient (Wildman–Crippen LogP) is 3.41. The summed E-state index contributed by atoms with van der Waals surface area (Å²) in [5, 5.41) is 3.23. The van der Waals surface area contributed by atoms with Gasteiger partial charge in [0.05, 0.1) is 5.56 Å². The fourth-order valence-electron chi connectivity index (χ4n) is 3.03. The Kier molecular flexibility index (Phi) is 5.21. The number of piperidine rings is 1. The Balaban J connectivity index is 2.08. The molecule has 1 fully saturated rings. The Morgan fingerprint density at radius 3 is 2.76 bits per heavy atom. The summed E-state index contributed by atoms with van der Waals surface area (Å²) in [6, 6.07) is 4.07. The van der Waals surface area contributed by atoms with Gasteiger partial charge in [-0.1, -0.05) is 20.8 Å². The molecule has 0 radical (unpaired) electrons. The van der Waals surface area contributed by atoms with Crippen LogP contribution in [0.25, 0.3) is 0 Å². The molecule has 3 atom stereocenters. The molecule has 0 saturated carbocycles. The van der Waals surface area contributed by atoms with Crippen LogP contribution in [0.15, 0.2) is 18.3 Å². The number of carbonyl (C=O) groups excluding carboxylic acids is 1. The van der Waals surface area contributed by atoms with Gasteiger partial charge in [0.1, 0.15) is 5.82 Å². The fourth-order valence-corrected chi connectivity index (χ4v) is 3.03. The van der Waals surface area contributed by atoms with Crippen molar-refractivity contribution in [3.63, 3.8) is 0 Å². The molecule has 0 bridgehead atoms. The second-order valence-electron chi connectivity index (χ2n) is 6.38. The smallest absolute Gasteiger partial charge is 0.255 e. The van der Waals surface area contributed by atoms with Crippen LogP contribution in [0.4, 0.5) is 5.82 Å². The Hall–Kier alpha value is -1.58. The van der Waals surface area contributed by atoms with E-state index in [1.165, 1.54) is 6.42 Å². The third kappa shape index (κ3) is 3.74. The zero-order valence-corrected chi connectivity index (χ0v) is 13.6. The van der Waals surface area contributed by atoms with Gasteiger partial charge >= 0.3 is 0 Å². The lowest BCUT2D eigenvalue weighted by molar-refractivity contribution is 0.0455. The molecule has 4 nitrogen and oxygen atoms in total. The second kappa shape index (κ2) is 6.92. The number of nitrogens with zero attached hydrogens (tertiary/aromatic N) is 2. The van der Waals surface area contributed by atoms with Crippen molar-refractivity contribution in [3.8, 4) is 0 Å². The number of rotatable bonds is 4. The first kappa shape index (κ1) is 15.8. The monoisotopic (exact) mass is 289 g/mol. The van der Waals surface area contributed by atoms with Crippen LogP contribution in [-0.4, -0.2) is 34.9 Å². The summed E-state index contributed by atoms with van der Waals surface area (Å²) in [5.41, 5.74) is 0.685. The third-order valence-corrected chi connectivity index (χ3v) is 4.43. The van der Waals surface area contributed by atoms with Crippen molar-refractivity contribution >= 4 is 11.7 Å². The van der Waals surface area contributed by atoms with Crippen molar-refractivity contribution < 1.29 is 4.79 Å². The molecule has 21 heavy (non-hydrogen) atoms. The summed E-state index contributed by atoms with van der Waals surface area (Å²) in [5.74, 6) is 2.06. The Bertz CT molecular complexity index is 471. The van der Waals surface area contributed by atoms with E-state index in [2.05, 4.69) is 38.0 Å². The van der Waals surface area contributed by atoms with Gasteiger partial charge in [0, 0.05) is 25.3 Å². The molecule has 1 saturated heterocycles. The van der Waals surface area contributed by atoms with Gasteiger partial charge in [-0.3, -0.25) is 4.79 Å². The van der Waals surface area contributed by atoms with Gasteiger partial charge in [0.15, 0.2) is 0 Å². The standard InChI is InChI=1S/C17H27N3O/c1-5-8-18-16-7-6-15(10-19-16)17(21)20-11-12(2)9-13(3)14(20)4/h6-7,10,12-14H,5,8-9,11H2,1-4H3,(H,18,19). The molecule has 1 aliphatic heterocycles. The molecule has 1 amide bonds. The highest BCUT2D eigenvalue weighted by Gasteiger charge is 2.32. The largest absolute Gasteiger partial charge is 0.370 e. The topological polar surface area (TPSA) is 45.2 Å². The lowest BCUT2D eigenvalue weighted by Gasteiger charge is -2.41. The van der Waals surface area contributed by atoms with Crippen LogP contribution < -0.4 is 5.32 Å². The zero-order valence-electron chi connectivity index (χ0n) is 13.6. The molecule has 2 rings (SSSR count). The first-order chi connectivity index (χ1) is 10.0. The van der Waals surface area contributed by atoms with Gasteiger partial charge < -0.3 is 10.2 Å². The Morgan fingerprint density at radius 1 is 1.38 bits per heavy atom. The van der Waals surface area contributed by atoms with E-state index in [1.54, 1.807) is 6.20 Å². The minimum Gasteiger partial charge on any atom is -0.370 e. The molecule has 1 aromatic heterocycles. The minimum absolute atomic E-state index is 0.107. The maximum atomic E-state index is 12.7. The van der Waals surface area contributed by atoms with Gasteiger partial charge in [0.2, 0.25) is 0 Å². The van der Waals surface area contributed by atoms with Crippen molar-refractivity contribution in [2.24, 2.45) is 11.8 Å². The predicted molar refractivity (Wildman–Crippen MR) is 86.5 cm³/mol. The number of hydrogen-bond donors (Lipinski definition) is 1. The number of pyridine rings is 1. The molecule has 4 heteroatoms. The summed E-state index contributed by atoms with van der Waals surface area (Å²) < 4.78 is 0. The van der Waals surface area contributed by atoms with E-state index >= 15 is 0 Å². The van der Waals surface area contributed by atoms with Crippen LogP contribution in [0.5, 0.6) is 0 Å². The normalized spacial score (nSPS) is 25.7. The maximum absolute atomic E-state index is 12.7. The summed E-state index contributed by atoms with van der Waals surface area (Å²) in [7, 11) is 0. The van der Waals surface area contributed by atoms with Gasteiger partial charge in [-0.15, -0.1) is 0 Å². The molecule has 0 aliphatic carbocycles. The van der Waals surface area contributed by atoms with Crippen molar-refractivity contribution in [2.45, 2.75) is 46.6 Å². The Morgan fingerprint density at radius 2 is 2.14 bits per heavy atom. The summed E-state index contributed by atoms with van der Waals surface area (Å²) in [4.78, 5) is 19.0. The SMILES string of the molecule is CCCNc1ccc(C(=O)N2CC(C)CC(C)C2C)cn1. The lowest BCUT2D eigenvalue weighted by atomic mass is 9.85. The van der Waals surface area contributed by atoms with Crippen LogP contribution in [0.1, 0.15) is 50.9 Å². The van der Waals surface area contributed by atoms with E-state index in [0.717, 1.165) is 25.3 Å². The van der Waals surface area contributed by atoms with E-state index in [-0.39, 0.29) is 5.91 Å². The molecule has 3 unspecified atom stereocenters. The maximum Gasteiger partial charge on any atom is 0.255 e. The van der Waals surface area contributed by atoms with Crippen LogP contribution >= 0.6 is 0 Å². The van der Waals surface area contributed by atoms with Crippen molar-refractivity contribution in [2.75, 3.05) is 18.4 Å². The molecule has 116 valence electrons. The molecule has 1 aliphatic rings. The highest BCUT2D eigenvalue weighted by atomic mass is 16.2. The molecular weight excluding hydrogens is 262 g/mol. The quantitative estimate of drug-likeness (QED) is 0.924. The Labute approximate surface area is 127 Å². The number of nitrogens with one attached hydrogen (secondary N) is 1. The molecule has 1 aromatic rings. The van der Waals surface area contributed by atoms with E-state index in [0.29, 0.717) is 23.4 Å². The third-order valence-electron chi connectivity index (χ3n) is 4.43. The van der Waals surface area contributed by atoms with Gasteiger partial charge in [-0.05, 0) is 43.7 Å². The van der Waals surface area contributed by atoms with Crippen LogP contribution in [0, 0.1) is 11.8 Å². The average Bonchev–Trinajstić information content (AvgIpc) is 2.48. The number of aromatic nitrogens is 1. The van der Waals surface area contributed by atoms with E-state index in [4.69, 9.17) is 0 Å². The first-order valence-corrected chi connectivity index (χ1v) is 8.03. The summed E-state index contributed by atoms with van der Waals surface area (Å²) >= 11 is 0. The van der Waals surface area contributed by atoms with Crippen LogP contribution in [0.3, 0.4) is 0 Å². The lowest BCUT2D eigenvalue weighted by Crippen LogP contribution is -2.48. The number of likely N-dealkylation sites (tertiary alicyclic amines) is 1. The van der Waals surface area contributed by atoms with Crippen molar-refractivity contribution in [3.05, 3.63) is 23.9 Å². The summed E-state index contributed by atoms with van der Waals surface area (Å²) in [6.07, 6.45) is 3.95. The van der Waals surface area contributed by atoms with Crippen molar-refractivity contribution in [1.29, 1.82) is 0 Å². The van der Waals surface area contributed by atoms with Gasteiger partial charge in [0.25, 0.3) is 5.91 Å². The number of hydrogen-bond acceptors (Lipinski definition) is 3. The molecule has 1 N–H and O–H groups in total.